The average molecular weight is 312 g/mol. The highest BCUT2D eigenvalue weighted by Gasteiger charge is 2.41. The number of nitrogens with two attached hydrogens (primary N) is 1. The van der Waals surface area contributed by atoms with E-state index in [1.807, 2.05) is 4.98 Å². The monoisotopic (exact) mass is 312 g/mol. The number of H-pyrrole nitrogens is 1. The smallest absolute Gasteiger partial charge is 0.431 e. The van der Waals surface area contributed by atoms with Crippen molar-refractivity contribution < 1.29 is 31.4 Å². The Morgan fingerprint density at radius 3 is 2.14 bits per heavy atom. The Kier molecular flexibility index (Phi) is 3.56. The number of hydrogen-bond acceptors (Lipinski definition) is 2. The lowest BCUT2D eigenvalue weighted by atomic mass is 10.0. The number of hydrogen-bond donors (Lipinski definition) is 3. The van der Waals surface area contributed by atoms with Crippen molar-refractivity contribution in [3.05, 3.63) is 29.0 Å². The molecule has 9 heteroatoms. The maximum Gasteiger partial charge on any atom is 0.431 e. The van der Waals surface area contributed by atoms with E-state index in [0.717, 1.165) is 6.07 Å². The topological polar surface area (TPSA) is 62.0 Å². The maximum atomic E-state index is 13.0. The van der Waals surface area contributed by atoms with Crippen LogP contribution < -0.4 is 5.73 Å². The summed E-state index contributed by atoms with van der Waals surface area (Å²) in [5.41, 5.74) is 1.48. The van der Waals surface area contributed by atoms with Gasteiger partial charge in [-0.15, -0.1) is 0 Å². The molecule has 0 amide bonds. The van der Waals surface area contributed by atoms with Gasteiger partial charge in [0.05, 0.1) is 0 Å². The number of aromatic nitrogens is 1. The molecular weight excluding hydrogens is 302 g/mol. The first kappa shape index (κ1) is 15.5. The van der Waals surface area contributed by atoms with Crippen LogP contribution in [0.2, 0.25) is 0 Å². The number of aromatic amines is 1. The highest BCUT2D eigenvalue weighted by atomic mass is 19.4. The minimum Gasteiger partial charge on any atom is -0.507 e. The number of nitrogens with one attached hydrogen (secondary N) is 1. The van der Waals surface area contributed by atoms with Crippen LogP contribution in [-0.2, 0) is 18.8 Å². The van der Waals surface area contributed by atoms with E-state index in [-0.39, 0.29) is 12.1 Å². The van der Waals surface area contributed by atoms with Gasteiger partial charge in [0, 0.05) is 10.9 Å². The molecule has 1 heterocycles. The quantitative estimate of drug-likeness (QED) is 0.744. The lowest BCUT2D eigenvalue weighted by molar-refractivity contribution is -0.141. The lowest BCUT2D eigenvalue weighted by Gasteiger charge is -2.12. The highest BCUT2D eigenvalue weighted by Crippen LogP contribution is 2.45. The summed E-state index contributed by atoms with van der Waals surface area (Å²) >= 11 is 0. The first-order valence-electron chi connectivity index (χ1n) is 5.78. The summed E-state index contributed by atoms with van der Waals surface area (Å²) in [4.78, 5) is 1.94. The molecule has 0 atom stereocenters. The fraction of sp³-hybridized carbons (Fsp3) is 0.333. The Labute approximate surface area is 114 Å². The van der Waals surface area contributed by atoms with E-state index in [0.29, 0.717) is 6.07 Å². The van der Waals surface area contributed by atoms with Crippen LogP contribution in [0.5, 0.6) is 5.75 Å². The molecular formula is C12H10F6N2O. The number of halogens is 6. The van der Waals surface area contributed by atoms with E-state index in [2.05, 4.69) is 0 Å². The Bertz CT molecular complexity index is 671. The van der Waals surface area contributed by atoms with Gasteiger partial charge in [0.2, 0.25) is 0 Å². The predicted octanol–water partition coefficient (Wildman–Crippen LogP) is 3.41. The van der Waals surface area contributed by atoms with Gasteiger partial charge in [-0.3, -0.25) is 0 Å². The largest absolute Gasteiger partial charge is 0.507 e. The standard InChI is InChI=1S/C12H10F6N2O/c13-11(14,15)9-7(21)2-1-6-8(9)5(3-4-19)10(20-6)12(16,17)18/h1-2,20-21H,3-4,19H2. The number of rotatable bonds is 2. The van der Waals surface area contributed by atoms with Crippen molar-refractivity contribution in [2.75, 3.05) is 6.54 Å². The minimum atomic E-state index is -4.99. The van der Waals surface area contributed by atoms with Crippen molar-refractivity contribution in [2.24, 2.45) is 5.73 Å². The molecule has 116 valence electrons. The molecule has 0 unspecified atom stereocenters. The zero-order valence-corrected chi connectivity index (χ0v) is 10.4. The molecule has 0 saturated heterocycles. The molecule has 1 aromatic carbocycles. The molecule has 3 nitrogen and oxygen atoms in total. The van der Waals surface area contributed by atoms with E-state index in [9.17, 15) is 31.4 Å². The van der Waals surface area contributed by atoms with Crippen molar-refractivity contribution >= 4 is 10.9 Å². The molecule has 2 rings (SSSR count). The van der Waals surface area contributed by atoms with Crippen LogP contribution in [-0.4, -0.2) is 16.6 Å². The Balaban J connectivity index is 2.92. The molecule has 4 N–H and O–H groups in total. The zero-order valence-electron chi connectivity index (χ0n) is 10.4. The third-order valence-corrected chi connectivity index (χ3v) is 3.01. The normalized spacial score (nSPS) is 13.1. The molecule has 0 aliphatic rings. The summed E-state index contributed by atoms with van der Waals surface area (Å²) in [6.07, 6.45) is -10.2. The Hall–Kier alpha value is -1.90. The van der Waals surface area contributed by atoms with Crippen molar-refractivity contribution in [3.8, 4) is 5.75 Å². The zero-order chi connectivity index (χ0) is 16.0. The van der Waals surface area contributed by atoms with Gasteiger partial charge in [-0.25, -0.2) is 0 Å². The number of aromatic hydroxyl groups is 1. The van der Waals surface area contributed by atoms with Crippen LogP contribution in [0, 0.1) is 0 Å². The van der Waals surface area contributed by atoms with Gasteiger partial charge in [0.25, 0.3) is 0 Å². The highest BCUT2D eigenvalue weighted by molar-refractivity contribution is 5.90. The van der Waals surface area contributed by atoms with Crippen molar-refractivity contribution in [1.82, 2.24) is 4.98 Å². The lowest BCUT2D eigenvalue weighted by Crippen LogP contribution is -2.13. The van der Waals surface area contributed by atoms with Crippen LogP contribution in [0.3, 0.4) is 0 Å². The van der Waals surface area contributed by atoms with Gasteiger partial charge in [0.15, 0.2) is 0 Å². The second-order valence-electron chi connectivity index (χ2n) is 4.39. The van der Waals surface area contributed by atoms with E-state index >= 15 is 0 Å². The maximum absolute atomic E-state index is 13.0. The summed E-state index contributed by atoms with van der Waals surface area (Å²) in [7, 11) is 0. The minimum absolute atomic E-state index is 0.261. The third kappa shape index (κ3) is 2.65. The second kappa shape index (κ2) is 4.83. The molecule has 0 spiro atoms. The molecule has 0 fully saturated rings. The van der Waals surface area contributed by atoms with Crippen LogP contribution in [0.4, 0.5) is 26.3 Å². The molecule has 21 heavy (non-hydrogen) atoms. The number of fused-ring (bicyclic) bond motifs is 1. The Morgan fingerprint density at radius 2 is 1.67 bits per heavy atom. The predicted molar refractivity (Wildman–Crippen MR) is 62.7 cm³/mol. The molecule has 0 aliphatic heterocycles. The van der Waals surface area contributed by atoms with Gasteiger partial charge in [-0.05, 0) is 30.7 Å². The van der Waals surface area contributed by atoms with Gasteiger partial charge < -0.3 is 15.8 Å². The van der Waals surface area contributed by atoms with Gasteiger partial charge >= 0.3 is 12.4 Å². The molecule has 2 aromatic rings. The first-order chi connectivity index (χ1) is 9.57. The molecule has 0 aliphatic carbocycles. The number of benzene rings is 1. The van der Waals surface area contributed by atoms with Crippen molar-refractivity contribution in [3.63, 3.8) is 0 Å². The number of alkyl halides is 6. The summed E-state index contributed by atoms with van der Waals surface area (Å²) in [5.74, 6) is -1.12. The van der Waals surface area contributed by atoms with Gasteiger partial charge in [-0.2, -0.15) is 26.3 Å². The summed E-state index contributed by atoms with van der Waals surface area (Å²) in [5, 5.41) is 8.71. The van der Waals surface area contributed by atoms with Gasteiger partial charge in [0.1, 0.15) is 17.0 Å². The third-order valence-electron chi connectivity index (χ3n) is 3.01. The first-order valence-corrected chi connectivity index (χ1v) is 5.78. The van der Waals surface area contributed by atoms with E-state index in [1.54, 1.807) is 0 Å². The fourth-order valence-corrected chi connectivity index (χ4v) is 2.27. The number of phenols is 1. The Morgan fingerprint density at radius 1 is 1.05 bits per heavy atom. The van der Waals surface area contributed by atoms with Crippen LogP contribution >= 0.6 is 0 Å². The molecule has 0 saturated carbocycles. The summed E-state index contributed by atoms with van der Waals surface area (Å²) < 4.78 is 77.8. The second-order valence-corrected chi connectivity index (χ2v) is 4.39. The van der Waals surface area contributed by atoms with Crippen LogP contribution in [0.1, 0.15) is 16.8 Å². The molecule has 0 radical (unpaired) electrons. The SMILES string of the molecule is NCCc1c(C(F)(F)F)[nH]c2ccc(O)c(C(F)(F)F)c12. The van der Waals surface area contributed by atoms with Gasteiger partial charge in [-0.1, -0.05) is 0 Å². The van der Waals surface area contributed by atoms with Crippen molar-refractivity contribution in [1.29, 1.82) is 0 Å². The van der Waals surface area contributed by atoms with E-state index in [4.69, 9.17) is 5.73 Å². The number of phenolic OH excluding ortho intramolecular Hbond substituents is 1. The molecule has 1 aromatic heterocycles. The average Bonchev–Trinajstić information content (AvgIpc) is 2.66. The summed E-state index contributed by atoms with van der Waals surface area (Å²) in [6, 6.07) is 1.67. The van der Waals surface area contributed by atoms with Crippen LogP contribution in [0.15, 0.2) is 12.1 Å². The molecule has 0 bridgehead atoms. The van der Waals surface area contributed by atoms with E-state index in [1.165, 1.54) is 0 Å². The summed E-state index contributed by atoms with van der Waals surface area (Å²) in [6.45, 7) is -0.261. The van der Waals surface area contributed by atoms with E-state index < -0.39 is 46.7 Å². The fourth-order valence-electron chi connectivity index (χ4n) is 2.27. The van der Waals surface area contributed by atoms with Crippen LogP contribution in [0.25, 0.3) is 10.9 Å². The van der Waals surface area contributed by atoms with Crippen molar-refractivity contribution in [2.45, 2.75) is 18.8 Å².